The van der Waals surface area contributed by atoms with Gasteiger partial charge in [-0.15, -0.1) is 0 Å². The summed E-state index contributed by atoms with van der Waals surface area (Å²) in [5, 5.41) is 0. The van der Waals surface area contributed by atoms with Crippen LogP contribution < -0.4 is 0 Å². The fourth-order valence-electron chi connectivity index (χ4n) is 0. The van der Waals surface area contributed by atoms with E-state index in [2.05, 4.69) is 0 Å². The number of halogens is 4. The Morgan fingerprint density at radius 2 is 1.00 bits per heavy atom. The molecule has 0 bridgehead atoms. The van der Waals surface area contributed by atoms with Crippen molar-refractivity contribution in [1.29, 1.82) is 0 Å². The topological polar surface area (TPSA) is 74.6 Å². The van der Waals surface area contributed by atoms with Gasteiger partial charge in [-0.05, 0) is 0 Å². The van der Waals surface area contributed by atoms with E-state index in [1.54, 1.807) is 0 Å². The Kier molecular flexibility index (Phi) is 14.5. The van der Waals surface area contributed by atoms with Crippen LogP contribution in [0.1, 0.15) is 0 Å². The van der Waals surface area contributed by atoms with Crippen LogP contribution in [-0.2, 0) is 10.4 Å². The van der Waals surface area contributed by atoms with Crippen molar-refractivity contribution in [3.8, 4) is 0 Å². The maximum absolute atomic E-state index is 8.74. The summed E-state index contributed by atoms with van der Waals surface area (Å²) >= 11 is -3.39. The van der Waals surface area contributed by atoms with Gasteiger partial charge in [-0.3, -0.25) is 9.11 Å². The first-order valence-electron chi connectivity index (χ1n) is 1.45. The van der Waals surface area contributed by atoms with E-state index < -0.39 is 26.7 Å². The van der Waals surface area contributed by atoms with E-state index in [4.69, 9.17) is 50.8 Å². The maximum atomic E-state index is 8.74. The number of hydrogen-bond acceptors (Lipinski definition) is 2. The van der Waals surface area contributed by atoms with E-state index in [-0.39, 0.29) is 27.3 Å². The molecular formula is H4Cl4O4Pb2S. The minimum atomic E-state index is -4.67. The first-order valence-corrected chi connectivity index (χ1v) is 22.0. The SMILES string of the molecule is O=S(=O)(O)O.[Cl][Pb]([Cl])([Cl])[Cl].[PbH2]. The van der Waals surface area contributed by atoms with Crippen LogP contribution in [0.5, 0.6) is 0 Å². The van der Waals surface area contributed by atoms with Crippen LogP contribution in [0.4, 0.5) is 0 Å². The zero-order valence-electron chi connectivity index (χ0n) is 4.84. The molecule has 0 aromatic rings. The molecule has 11 heavy (non-hydrogen) atoms. The van der Waals surface area contributed by atoms with Crippen molar-refractivity contribution in [2.45, 2.75) is 0 Å². The van der Waals surface area contributed by atoms with Gasteiger partial charge < -0.3 is 0 Å². The Hall–Kier alpha value is 2.87. The van der Waals surface area contributed by atoms with Crippen LogP contribution in [0.3, 0.4) is 0 Å². The van der Waals surface area contributed by atoms with Crippen molar-refractivity contribution in [3.63, 3.8) is 0 Å². The third-order valence-electron chi connectivity index (χ3n) is 0. The Morgan fingerprint density at radius 3 is 1.00 bits per heavy atom. The molecular weight excluding hydrogens is 652 g/mol. The monoisotopic (exact) mass is 656 g/mol. The van der Waals surface area contributed by atoms with E-state index in [1.807, 2.05) is 0 Å². The molecule has 0 rings (SSSR count). The Balaban J connectivity index is -0.000000107. The van der Waals surface area contributed by atoms with E-state index in [0.29, 0.717) is 0 Å². The summed E-state index contributed by atoms with van der Waals surface area (Å²) in [5.74, 6) is 0. The van der Waals surface area contributed by atoms with Crippen molar-refractivity contribution >= 4 is 87.2 Å². The van der Waals surface area contributed by atoms with Crippen molar-refractivity contribution < 1.29 is 17.5 Å². The molecule has 0 aliphatic carbocycles. The molecule has 4 nitrogen and oxygen atoms in total. The molecule has 0 saturated carbocycles. The second kappa shape index (κ2) is 8.20. The molecule has 0 fully saturated rings. The molecule has 0 aliphatic heterocycles. The quantitative estimate of drug-likeness (QED) is 0.300. The van der Waals surface area contributed by atoms with Gasteiger partial charge in [0.15, 0.2) is 0 Å². The second-order valence-electron chi connectivity index (χ2n) is 0.876. The van der Waals surface area contributed by atoms with Gasteiger partial charge in [0.1, 0.15) is 0 Å². The normalized spacial score (nSPS) is 10.7. The van der Waals surface area contributed by atoms with Gasteiger partial charge >= 0.3 is 87.2 Å². The summed E-state index contributed by atoms with van der Waals surface area (Å²) < 4.78 is 31.6. The second-order valence-corrected chi connectivity index (χ2v) is 35.2. The van der Waals surface area contributed by atoms with Crippen molar-refractivity contribution in [1.82, 2.24) is 0 Å². The average molecular weight is 656 g/mol. The molecule has 0 unspecified atom stereocenters. The predicted octanol–water partition coefficient (Wildman–Crippen LogP) is 0.808. The molecule has 2 N–H and O–H groups in total. The van der Waals surface area contributed by atoms with Gasteiger partial charge in [0.2, 0.25) is 0 Å². The van der Waals surface area contributed by atoms with Gasteiger partial charge in [-0.1, -0.05) is 0 Å². The first kappa shape index (κ1) is 19.4. The average Bonchev–Trinajstić information content (AvgIpc) is 1.12. The molecule has 0 amide bonds. The van der Waals surface area contributed by atoms with Gasteiger partial charge in [0, 0.05) is 0 Å². The van der Waals surface area contributed by atoms with Crippen molar-refractivity contribution in [2.75, 3.05) is 0 Å². The van der Waals surface area contributed by atoms with E-state index >= 15 is 0 Å². The van der Waals surface area contributed by atoms with Gasteiger partial charge in [0.05, 0.1) is 0 Å². The van der Waals surface area contributed by atoms with Crippen molar-refractivity contribution in [3.05, 3.63) is 0 Å². The summed E-state index contributed by atoms with van der Waals surface area (Å²) in [4.78, 5) is 0. The molecule has 2 radical (unpaired) electrons. The van der Waals surface area contributed by atoms with Crippen molar-refractivity contribution in [2.24, 2.45) is 0 Å². The zero-order valence-corrected chi connectivity index (χ0v) is 18.1. The third-order valence-corrected chi connectivity index (χ3v) is 0. The fourth-order valence-corrected chi connectivity index (χ4v) is 0. The molecule has 0 aliphatic rings. The predicted molar refractivity (Wildman–Crippen MR) is 51.9 cm³/mol. The summed E-state index contributed by atoms with van der Waals surface area (Å²) in [6.45, 7) is 0. The summed E-state index contributed by atoms with van der Waals surface area (Å²) in [5.41, 5.74) is 0. The molecule has 0 spiro atoms. The fraction of sp³-hybridized carbons (Fsp3) is 0. The number of hydrogen-bond donors (Lipinski definition) is 2. The molecule has 0 aromatic carbocycles. The van der Waals surface area contributed by atoms with E-state index in [1.165, 1.54) is 0 Å². The summed E-state index contributed by atoms with van der Waals surface area (Å²) in [6.07, 6.45) is 0. The Bertz CT molecular complexity index is 155. The third kappa shape index (κ3) is 184. The number of rotatable bonds is 0. The van der Waals surface area contributed by atoms with Crippen LogP contribution in [0.2, 0.25) is 0 Å². The van der Waals surface area contributed by atoms with Crippen LogP contribution in [0.15, 0.2) is 0 Å². The minimum absolute atomic E-state index is 0. The van der Waals surface area contributed by atoms with E-state index in [0.717, 1.165) is 0 Å². The standard InChI is InChI=1S/4ClH.H2O4S.2Pb.2H/c;;;;1-5(2,3)4;;;;/h4*1H;(H2,1,2,3,4);;;;/q;;;;;;+4;;/p-4. The zero-order chi connectivity index (χ0) is 9.00. The van der Waals surface area contributed by atoms with Gasteiger partial charge in [-0.25, -0.2) is 0 Å². The van der Waals surface area contributed by atoms with Crippen LogP contribution in [-0.4, -0.2) is 61.1 Å². The first-order chi connectivity index (χ1) is 4.00. The molecule has 0 atom stereocenters. The van der Waals surface area contributed by atoms with Crippen LogP contribution in [0.25, 0.3) is 0 Å². The molecule has 70 valence electrons. The van der Waals surface area contributed by atoms with E-state index in [9.17, 15) is 0 Å². The van der Waals surface area contributed by atoms with Crippen LogP contribution in [0, 0.1) is 0 Å². The molecule has 11 heteroatoms. The molecule has 0 heterocycles. The van der Waals surface area contributed by atoms with Gasteiger partial charge in [-0.2, -0.15) is 8.42 Å². The summed E-state index contributed by atoms with van der Waals surface area (Å²) in [7, 11) is 15.5. The van der Waals surface area contributed by atoms with Gasteiger partial charge in [0.25, 0.3) is 0 Å². The Labute approximate surface area is 103 Å². The van der Waals surface area contributed by atoms with Crippen LogP contribution >= 0.6 is 33.3 Å². The summed E-state index contributed by atoms with van der Waals surface area (Å²) in [6, 6.07) is 0. The molecule has 0 saturated heterocycles. The molecule has 0 aromatic heterocycles. The Morgan fingerprint density at radius 1 is 1.00 bits per heavy atom.